The molecule has 0 N–H and O–H groups in total. The maximum atomic E-state index is 5.22. The maximum absolute atomic E-state index is 5.22. The van der Waals surface area contributed by atoms with Crippen LogP contribution in [0.5, 0.6) is 0 Å². The Bertz CT molecular complexity index is 258. The zero-order valence-corrected chi connectivity index (χ0v) is 12.4. The van der Waals surface area contributed by atoms with Gasteiger partial charge in [-0.05, 0) is 19.3 Å². The number of hydrogen-bond donors (Lipinski definition) is 0. The van der Waals surface area contributed by atoms with Crippen molar-refractivity contribution in [2.45, 2.75) is 84.5 Å². The standard InChI is InChI=1S/C18H30/c1-4-6-8-10-11-13-15-17-18(3)16-14-12-9-7-5-2/h2,18H,4,6-14,16H2,1,3H3. The van der Waals surface area contributed by atoms with Gasteiger partial charge in [0.15, 0.2) is 0 Å². The summed E-state index contributed by atoms with van der Waals surface area (Å²) in [6.07, 6.45) is 18.9. The summed E-state index contributed by atoms with van der Waals surface area (Å²) in [6.45, 7) is 4.50. The quantitative estimate of drug-likeness (QED) is 0.349. The summed E-state index contributed by atoms with van der Waals surface area (Å²) in [5.41, 5.74) is 0. The van der Waals surface area contributed by atoms with Crippen LogP contribution in [0.15, 0.2) is 0 Å². The van der Waals surface area contributed by atoms with E-state index in [1.165, 1.54) is 57.8 Å². The zero-order valence-electron chi connectivity index (χ0n) is 12.4. The Labute approximate surface area is 115 Å². The predicted molar refractivity (Wildman–Crippen MR) is 82.2 cm³/mol. The normalized spacial score (nSPS) is 11.4. The van der Waals surface area contributed by atoms with Crippen LogP contribution in [0.1, 0.15) is 84.5 Å². The largest absolute Gasteiger partial charge is 0.120 e. The fourth-order valence-electron chi connectivity index (χ4n) is 1.99. The Morgan fingerprint density at radius 3 is 2.28 bits per heavy atom. The van der Waals surface area contributed by atoms with Crippen molar-refractivity contribution in [1.29, 1.82) is 0 Å². The van der Waals surface area contributed by atoms with Crippen LogP contribution in [-0.2, 0) is 0 Å². The third-order valence-electron chi connectivity index (χ3n) is 3.21. The molecule has 0 saturated heterocycles. The minimum Gasteiger partial charge on any atom is -0.120 e. The third-order valence-corrected chi connectivity index (χ3v) is 3.21. The molecular weight excluding hydrogens is 216 g/mol. The molecule has 0 spiro atoms. The van der Waals surface area contributed by atoms with E-state index < -0.39 is 0 Å². The van der Waals surface area contributed by atoms with Crippen molar-refractivity contribution in [2.75, 3.05) is 0 Å². The molecule has 0 aromatic rings. The molecule has 0 saturated carbocycles. The van der Waals surface area contributed by atoms with Gasteiger partial charge in [0.2, 0.25) is 0 Å². The molecule has 0 rings (SSSR count). The van der Waals surface area contributed by atoms with Crippen molar-refractivity contribution in [3.05, 3.63) is 0 Å². The van der Waals surface area contributed by atoms with Crippen LogP contribution in [0.3, 0.4) is 0 Å². The van der Waals surface area contributed by atoms with Gasteiger partial charge in [0, 0.05) is 18.8 Å². The van der Waals surface area contributed by atoms with Crippen LogP contribution >= 0.6 is 0 Å². The summed E-state index contributed by atoms with van der Waals surface area (Å²) in [4.78, 5) is 0. The lowest BCUT2D eigenvalue weighted by Gasteiger charge is -2.02. The van der Waals surface area contributed by atoms with Gasteiger partial charge in [-0.3, -0.25) is 0 Å². The highest BCUT2D eigenvalue weighted by molar-refractivity contribution is 5.02. The van der Waals surface area contributed by atoms with Crippen LogP contribution in [0.25, 0.3) is 0 Å². The summed E-state index contributed by atoms with van der Waals surface area (Å²) in [5, 5.41) is 0. The van der Waals surface area contributed by atoms with Gasteiger partial charge in [0.25, 0.3) is 0 Å². The summed E-state index contributed by atoms with van der Waals surface area (Å²) < 4.78 is 0. The second-order valence-corrected chi connectivity index (χ2v) is 5.19. The molecule has 1 atom stereocenters. The summed E-state index contributed by atoms with van der Waals surface area (Å²) in [6, 6.07) is 0. The molecule has 0 aliphatic rings. The van der Waals surface area contributed by atoms with E-state index >= 15 is 0 Å². The van der Waals surface area contributed by atoms with E-state index in [1.54, 1.807) is 0 Å². The van der Waals surface area contributed by atoms with Crippen molar-refractivity contribution in [2.24, 2.45) is 5.92 Å². The molecule has 0 fully saturated rings. The molecule has 1 unspecified atom stereocenters. The molecule has 0 amide bonds. The van der Waals surface area contributed by atoms with Crippen LogP contribution in [-0.4, -0.2) is 0 Å². The van der Waals surface area contributed by atoms with Gasteiger partial charge in [0.1, 0.15) is 0 Å². The van der Waals surface area contributed by atoms with Crippen molar-refractivity contribution in [3.63, 3.8) is 0 Å². The molecule has 102 valence electrons. The Morgan fingerprint density at radius 2 is 1.56 bits per heavy atom. The fraction of sp³-hybridized carbons (Fsp3) is 0.778. The predicted octanol–water partition coefficient (Wildman–Crippen LogP) is 5.57. The molecular formula is C18H30. The average molecular weight is 246 g/mol. The number of terminal acetylenes is 1. The molecule has 18 heavy (non-hydrogen) atoms. The average Bonchev–Trinajstić information content (AvgIpc) is 2.37. The van der Waals surface area contributed by atoms with Gasteiger partial charge in [0.05, 0.1) is 0 Å². The Hall–Kier alpha value is -0.880. The van der Waals surface area contributed by atoms with Crippen molar-refractivity contribution in [1.82, 2.24) is 0 Å². The topological polar surface area (TPSA) is 0 Å². The highest BCUT2D eigenvalue weighted by Gasteiger charge is 1.96. The van der Waals surface area contributed by atoms with Crippen molar-refractivity contribution < 1.29 is 0 Å². The van der Waals surface area contributed by atoms with E-state index in [0.717, 1.165) is 12.8 Å². The highest BCUT2D eigenvalue weighted by Crippen LogP contribution is 2.10. The molecule has 0 nitrogen and oxygen atoms in total. The second kappa shape index (κ2) is 14.2. The van der Waals surface area contributed by atoms with E-state index in [9.17, 15) is 0 Å². The molecule has 0 aromatic heterocycles. The summed E-state index contributed by atoms with van der Waals surface area (Å²) in [7, 11) is 0. The van der Waals surface area contributed by atoms with Crippen molar-refractivity contribution in [3.8, 4) is 24.2 Å². The molecule has 0 bridgehead atoms. The molecule has 0 aliphatic heterocycles. The van der Waals surface area contributed by atoms with E-state index in [2.05, 4.69) is 31.6 Å². The minimum absolute atomic E-state index is 0.562. The van der Waals surface area contributed by atoms with Crippen LogP contribution in [0.4, 0.5) is 0 Å². The first-order valence-electron chi connectivity index (χ1n) is 7.73. The lowest BCUT2D eigenvalue weighted by Crippen LogP contribution is -1.90. The van der Waals surface area contributed by atoms with E-state index in [1.807, 2.05) is 0 Å². The number of unbranched alkanes of at least 4 members (excludes halogenated alkanes) is 8. The summed E-state index contributed by atoms with van der Waals surface area (Å²) >= 11 is 0. The number of rotatable bonds is 10. The molecule has 0 radical (unpaired) electrons. The SMILES string of the molecule is C#CCCCCCC(C)C#CCCCCCCC. The van der Waals surface area contributed by atoms with E-state index in [4.69, 9.17) is 6.42 Å². The Balaban J connectivity index is 3.34. The van der Waals surface area contributed by atoms with Gasteiger partial charge in [-0.2, -0.15) is 0 Å². The van der Waals surface area contributed by atoms with Gasteiger partial charge < -0.3 is 0 Å². The van der Waals surface area contributed by atoms with Gasteiger partial charge in [-0.25, -0.2) is 0 Å². The smallest absolute Gasteiger partial charge is 0.0174 e. The Morgan fingerprint density at radius 1 is 0.889 bits per heavy atom. The van der Waals surface area contributed by atoms with Gasteiger partial charge >= 0.3 is 0 Å². The lowest BCUT2D eigenvalue weighted by atomic mass is 10.0. The van der Waals surface area contributed by atoms with Crippen LogP contribution in [0, 0.1) is 30.1 Å². The van der Waals surface area contributed by atoms with Gasteiger partial charge in [-0.1, -0.05) is 52.4 Å². The first kappa shape index (κ1) is 17.1. The summed E-state index contributed by atoms with van der Waals surface area (Å²) in [5.74, 6) is 9.96. The second-order valence-electron chi connectivity index (χ2n) is 5.19. The van der Waals surface area contributed by atoms with Crippen molar-refractivity contribution >= 4 is 0 Å². The molecule has 0 heterocycles. The zero-order chi connectivity index (χ0) is 13.5. The fourth-order valence-corrected chi connectivity index (χ4v) is 1.99. The van der Waals surface area contributed by atoms with Crippen LogP contribution < -0.4 is 0 Å². The van der Waals surface area contributed by atoms with Gasteiger partial charge in [-0.15, -0.1) is 24.2 Å². The minimum atomic E-state index is 0.562. The van der Waals surface area contributed by atoms with Crippen LogP contribution in [0.2, 0.25) is 0 Å². The molecule has 0 aliphatic carbocycles. The Kier molecular flexibility index (Phi) is 13.5. The molecule has 0 heteroatoms. The third kappa shape index (κ3) is 13.2. The highest BCUT2D eigenvalue weighted by atomic mass is 14.0. The van der Waals surface area contributed by atoms with E-state index in [0.29, 0.717) is 5.92 Å². The maximum Gasteiger partial charge on any atom is 0.0174 e. The first-order valence-corrected chi connectivity index (χ1v) is 7.73. The monoisotopic (exact) mass is 246 g/mol. The number of hydrogen-bond acceptors (Lipinski definition) is 0. The lowest BCUT2D eigenvalue weighted by molar-refractivity contribution is 0.579. The first-order chi connectivity index (χ1) is 8.81. The molecule has 0 aromatic carbocycles. The van der Waals surface area contributed by atoms with E-state index in [-0.39, 0.29) is 0 Å².